The maximum absolute atomic E-state index is 12.6. The van der Waals surface area contributed by atoms with Crippen LogP contribution in [0.1, 0.15) is 31.1 Å². The molecule has 1 aromatic carbocycles. The van der Waals surface area contributed by atoms with Gasteiger partial charge in [0.1, 0.15) is 12.4 Å². The molecule has 0 amide bonds. The lowest BCUT2D eigenvalue weighted by molar-refractivity contribution is -0.137. The summed E-state index contributed by atoms with van der Waals surface area (Å²) in [6.45, 7) is 3.92. The van der Waals surface area contributed by atoms with Crippen LogP contribution in [0.15, 0.2) is 30.5 Å². The van der Waals surface area contributed by atoms with Gasteiger partial charge in [-0.05, 0) is 32.0 Å². The van der Waals surface area contributed by atoms with Crippen molar-refractivity contribution in [3.05, 3.63) is 41.7 Å². The molecule has 0 spiro atoms. The number of hydrogen-bond donors (Lipinski definition) is 1. The van der Waals surface area contributed by atoms with Gasteiger partial charge in [-0.3, -0.25) is 4.68 Å². The second kappa shape index (κ2) is 5.67. The molecule has 2 aromatic rings. The molecule has 1 aromatic heterocycles. The summed E-state index contributed by atoms with van der Waals surface area (Å²) in [7, 11) is 0. The van der Waals surface area contributed by atoms with Crippen LogP contribution in [0, 0.1) is 0 Å². The Hall–Kier alpha value is -2.18. The van der Waals surface area contributed by atoms with Gasteiger partial charge in [0, 0.05) is 6.04 Å². The van der Waals surface area contributed by atoms with Crippen LogP contribution in [0.2, 0.25) is 0 Å². The molecular formula is C14H16F3N3O. The first-order valence-corrected chi connectivity index (χ1v) is 6.41. The minimum Gasteiger partial charge on any atom is -0.487 e. The van der Waals surface area contributed by atoms with Gasteiger partial charge in [0.25, 0.3) is 0 Å². The zero-order valence-electron chi connectivity index (χ0n) is 11.7. The number of nitrogens with two attached hydrogens (primary N) is 1. The van der Waals surface area contributed by atoms with Gasteiger partial charge in [0.05, 0.1) is 23.1 Å². The van der Waals surface area contributed by atoms with Gasteiger partial charge in [-0.15, -0.1) is 0 Å². The van der Waals surface area contributed by atoms with Crippen molar-refractivity contribution in [2.24, 2.45) is 0 Å². The maximum Gasteiger partial charge on any atom is 0.416 e. The highest BCUT2D eigenvalue weighted by Crippen LogP contribution is 2.31. The van der Waals surface area contributed by atoms with Gasteiger partial charge >= 0.3 is 6.18 Å². The lowest BCUT2D eigenvalue weighted by Gasteiger charge is -2.13. The van der Waals surface area contributed by atoms with E-state index in [-0.39, 0.29) is 18.4 Å². The van der Waals surface area contributed by atoms with Crippen LogP contribution < -0.4 is 10.5 Å². The number of benzene rings is 1. The van der Waals surface area contributed by atoms with Crippen molar-refractivity contribution >= 4 is 5.69 Å². The average molecular weight is 299 g/mol. The van der Waals surface area contributed by atoms with Crippen molar-refractivity contribution in [2.75, 3.05) is 5.73 Å². The molecule has 0 bridgehead atoms. The SMILES string of the molecule is CC(C)n1ncc(N)c1COc1cccc(C(F)(F)F)c1. The van der Waals surface area contributed by atoms with E-state index in [1.165, 1.54) is 18.3 Å². The molecule has 2 N–H and O–H groups in total. The molecule has 1 heterocycles. The van der Waals surface area contributed by atoms with Gasteiger partial charge in [0.15, 0.2) is 0 Å². The lowest BCUT2D eigenvalue weighted by atomic mass is 10.2. The second-order valence-electron chi connectivity index (χ2n) is 4.90. The number of alkyl halides is 3. The van der Waals surface area contributed by atoms with Crippen LogP contribution in [0.5, 0.6) is 5.75 Å². The predicted molar refractivity (Wildman–Crippen MR) is 72.8 cm³/mol. The first-order valence-electron chi connectivity index (χ1n) is 6.41. The van der Waals surface area contributed by atoms with Crippen molar-refractivity contribution in [3.63, 3.8) is 0 Å². The fraction of sp³-hybridized carbons (Fsp3) is 0.357. The Morgan fingerprint density at radius 3 is 2.67 bits per heavy atom. The summed E-state index contributed by atoms with van der Waals surface area (Å²) < 4.78 is 45.0. The number of halogens is 3. The van der Waals surface area contributed by atoms with Gasteiger partial charge in [-0.1, -0.05) is 6.07 Å². The van der Waals surface area contributed by atoms with Gasteiger partial charge < -0.3 is 10.5 Å². The Bertz CT molecular complexity index is 620. The molecule has 0 aliphatic rings. The fourth-order valence-corrected chi connectivity index (χ4v) is 1.91. The van der Waals surface area contributed by atoms with E-state index in [0.29, 0.717) is 11.4 Å². The molecule has 0 saturated heterocycles. The van der Waals surface area contributed by atoms with E-state index in [9.17, 15) is 13.2 Å². The van der Waals surface area contributed by atoms with E-state index in [1.807, 2.05) is 13.8 Å². The summed E-state index contributed by atoms with van der Waals surface area (Å²) in [5, 5.41) is 4.12. The van der Waals surface area contributed by atoms with Crippen LogP contribution in [-0.4, -0.2) is 9.78 Å². The molecule has 7 heteroatoms. The molecule has 0 unspecified atom stereocenters. The van der Waals surface area contributed by atoms with Gasteiger partial charge in [-0.25, -0.2) is 0 Å². The minimum atomic E-state index is -4.39. The van der Waals surface area contributed by atoms with Crippen LogP contribution in [0.4, 0.5) is 18.9 Å². The standard InChI is InChI=1S/C14H16F3N3O/c1-9(2)20-13(12(18)7-19-20)8-21-11-5-3-4-10(6-11)14(15,16)17/h3-7,9H,8,18H2,1-2H3. The summed E-state index contributed by atoms with van der Waals surface area (Å²) in [4.78, 5) is 0. The van der Waals surface area contributed by atoms with Gasteiger partial charge in [0.2, 0.25) is 0 Å². The van der Waals surface area contributed by atoms with Crippen molar-refractivity contribution in [2.45, 2.75) is 32.7 Å². The highest BCUT2D eigenvalue weighted by Gasteiger charge is 2.30. The molecule has 4 nitrogen and oxygen atoms in total. The number of nitrogens with zero attached hydrogens (tertiary/aromatic N) is 2. The zero-order valence-corrected chi connectivity index (χ0v) is 11.7. The molecule has 0 atom stereocenters. The zero-order chi connectivity index (χ0) is 15.6. The molecule has 114 valence electrons. The predicted octanol–water partition coefficient (Wildman–Crippen LogP) is 3.64. The third kappa shape index (κ3) is 3.48. The number of nitrogen functional groups attached to an aromatic ring is 1. The average Bonchev–Trinajstić information content (AvgIpc) is 2.77. The fourth-order valence-electron chi connectivity index (χ4n) is 1.91. The largest absolute Gasteiger partial charge is 0.487 e. The molecule has 0 aliphatic carbocycles. The Morgan fingerprint density at radius 1 is 1.33 bits per heavy atom. The number of ether oxygens (including phenoxy) is 1. The van der Waals surface area contributed by atoms with E-state index < -0.39 is 11.7 Å². The van der Waals surface area contributed by atoms with E-state index in [1.54, 1.807) is 4.68 Å². The molecule has 0 fully saturated rings. The summed E-state index contributed by atoms with van der Waals surface area (Å²) in [6.07, 6.45) is -2.89. The third-order valence-electron chi connectivity index (χ3n) is 2.96. The third-order valence-corrected chi connectivity index (χ3v) is 2.96. The smallest absolute Gasteiger partial charge is 0.416 e. The number of anilines is 1. The molecule has 0 saturated carbocycles. The van der Waals surface area contributed by atoms with Crippen LogP contribution in [0.25, 0.3) is 0 Å². The maximum atomic E-state index is 12.6. The Labute approximate surface area is 120 Å². The Balaban J connectivity index is 2.16. The topological polar surface area (TPSA) is 53.1 Å². The van der Waals surface area contributed by atoms with Crippen molar-refractivity contribution in [1.29, 1.82) is 0 Å². The Morgan fingerprint density at radius 2 is 2.05 bits per heavy atom. The first kappa shape index (κ1) is 15.2. The summed E-state index contributed by atoms with van der Waals surface area (Å²) in [5.74, 6) is 0.140. The van der Waals surface area contributed by atoms with E-state index in [4.69, 9.17) is 10.5 Å². The van der Waals surface area contributed by atoms with E-state index in [0.717, 1.165) is 12.1 Å². The number of aromatic nitrogens is 2. The van der Waals surface area contributed by atoms with Crippen molar-refractivity contribution in [3.8, 4) is 5.75 Å². The summed E-state index contributed by atoms with van der Waals surface area (Å²) in [6, 6.07) is 4.83. The number of hydrogen-bond acceptors (Lipinski definition) is 3. The summed E-state index contributed by atoms with van der Waals surface area (Å²) >= 11 is 0. The van der Waals surface area contributed by atoms with Gasteiger partial charge in [-0.2, -0.15) is 18.3 Å². The van der Waals surface area contributed by atoms with Crippen LogP contribution in [0.3, 0.4) is 0 Å². The highest BCUT2D eigenvalue weighted by atomic mass is 19.4. The summed E-state index contributed by atoms with van der Waals surface area (Å²) in [5.41, 5.74) is 6.15. The second-order valence-corrected chi connectivity index (χ2v) is 4.90. The molecule has 2 rings (SSSR count). The van der Waals surface area contributed by atoms with Crippen molar-refractivity contribution < 1.29 is 17.9 Å². The number of rotatable bonds is 4. The van der Waals surface area contributed by atoms with Crippen LogP contribution >= 0.6 is 0 Å². The normalized spacial score (nSPS) is 11.9. The molecule has 21 heavy (non-hydrogen) atoms. The Kier molecular flexibility index (Phi) is 4.11. The highest BCUT2D eigenvalue weighted by molar-refractivity contribution is 5.41. The molecular weight excluding hydrogens is 283 g/mol. The minimum absolute atomic E-state index is 0.0608. The first-order chi connectivity index (χ1) is 9.79. The molecule has 0 aliphatic heterocycles. The quantitative estimate of drug-likeness (QED) is 0.937. The van der Waals surface area contributed by atoms with Crippen LogP contribution in [-0.2, 0) is 12.8 Å². The van der Waals surface area contributed by atoms with E-state index in [2.05, 4.69) is 5.10 Å². The molecule has 0 radical (unpaired) electrons. The van der Waals surface area contributed by atoms with Crippen molar-refractivity contribution in [1.82, 2.24) is 9.78 Å². The van der Waals surface area contributed by atoms with E-state index >= 15 is 0 Å². The lowest BCUT2D eigenvalue weighted by Crippen LogP contribution is -2.11. The monoisotopic (exact) mass is 299 g/mol.